The average molecular weight is 290 g/mol. The number of carboxylic acid groups (broad SMARTS) is 1. The molecule has 6 nitrogen and oxygen atoms in total. The van der Waals surface area contributed by atoms with Gasteiger partial charge in [0, 0.05) is 25.1 Å². The molecule has 1 heterocycles. The lowest BCUT2D eigenvalue weighted by Gasteiger charge is -2.29. The lowest BCUT2D eigenvalue weighted by molar-refractivity contribution is -0.137. The van der Waals surface area contributed by atoms with Crippen molar-refractivity contribution in [2.45, 2.75) is 32.1 Å². The summed E-state index contributed by atoms with van der Waals surface area (Å²) in [5.74, 6) is -1.39. The monoisotopic (exact) mass is 290 g/mol. The summed E-state index contributed by atoms with van der Waals surface area (Å²) in [5, 5.41) is 10.8. The van der Waals surface area contributed by atoms with Gasteiger partial charge in [0.05, 0.1) is 0 Å². The van der Waals surface area contributed by atoms with Gasteiger partial charge >= 0.3 is 12.0 Å². The third kappa shape index (κ3) is 4.05. The average Bonchev–Trinajstić information content (AvgIpc) is 2.46. The van der Waals surface area contributed by atoms with Gasteiger partial charge in [-0.15, -0.1) is 0 Å². The maximum absolute atomic E-state index is 12.1. The second-order valence-electron chi connectivity index (χ2n) is 4.98. The van der Waals surface area contributed by atoms with Crippen molar-refractivity contribution in [3.8, 4) is 0 Å². The summed E-state index contributed by atoms with van der Waals surface area (Å²) < 4.78 is 0. The van der Waals surface area contributed by atoms with E-state index in [1.54, 1.807) is 4.90 Å². The number of carbonyl (C=O) groups excluding carboxylic acids is 2. The van der Waals surface area contributed by atoms with E-state index in [4.69, 9.17) is 5.11 Å². The highest BCUT2D eigenvalue weighted by molar-refractivity contribution is 6.03. The number of nitrogens with zero attached hydrogens (tertiary/aromatic N) is 1. The number of carboxylic acids is 1. The van der Waals surface area contributed by atoms with Gasteiger partial charge in [-0.3, -0.25) is 19.8 Å². The highest BCUT2D eigenvalue weighted by atomic mass is 16.4. The molecule has 1 aliphatic rings. The fourth-order valence-electron chi connectivity index (χ4n) is 2.39. The number of carbonyl (C=O) groups is 3. The fraction of sp³-hybridized carbons (Fsp3) is 0.400. The molecule has 0 saturated carbocycles. The number of amides is 3. The molecule has 0 aromatic heterocycles. The molecule has 2 N–H and O–H groups in total. The van der Waals surface area contributed by atoms with Crippen LogP contribution in [0.5, 0.6) is 0 Å². The Labute approximate surface area is 122 Å². The van der Waals surface area contributed by atoms with Crippen molar-refractivity contribution in [2.24, 2.45) is 0 Å². The highest BCUT2D eigenvalue weighted by Crippen LogP contribution is 2.26. The fourth-order valence-corrected chi connectivity index (χ4v) is 2.39. The van der Waals surface area contributed by atoms with Crippen LogP contribution in [0.1, 0.15) is 31.2 Å². The molecule has 2 rings (SSSR count). The Bertz CT molecular complexity index is 556. The van der Waals surface area contributed by atoms with E-state index < -0.39 is 17.9 Å². The summed E-state index contributed by atoms with van der Waals surface area (Å²) in [4.78, 5) is 35.7. The van der Waals surface area contributed by atoms with Crippen LogP contribution in [0.4, 0.5) is 10.5 Å². The van der Waals surface area contributed by atoms with Crippen LogP contribution in [0, 0.1) is 0 Å². The Kier molecular flexibility index (Phi) is 4.92. The van der Waals surface area contributed by atoms with E-state index in [-0.39, 0.29) is 19.3 Å². The quantitative estimate of drug-likeness (QED) is 0.887. The number of para-hydroxylation sites is 1. The standard InChI is InChI=1S/C15H18N2O4/c18-13(8-3-9-14(19)20)16-15(21)17-10-4-6-11-5-1-2-7-12(11)17/h1-2,5,7H,3-4,6,8-10H2,(H,19,20)(H,16,18,21). The van der Waals surface area contributed by atoms with Crippen molar-refractivity contribution in [3.63, 3.8) is 0 Å². The second-order valence-corrected chi connectivity index (χ2v) is 4.98. The van der Waals surface area contributed by atoms with E-state index in [0.29, 0.717) is 6.54 Å². The number of aryl methyl sites for hydroxylation is 1. The molecule has 0 radical (unpaired) electrons. The number of hydrogen-bond donors (Lipinski definition) is 2. The Morgan fingerprint density at radius 2 is 1.95 bits per heavy atom. The van der Waals surface area contributed by atoms with Crippen molar-refractivity contribution in [1.29, 1.82) is 0 Å². The van der Waals surface area contributed by atoms with Gasteiger partial charge < -0.3 is 5.11 Å². The van der Waals surface area contributed by atoms with Gasteiger partial charge in [0.1, 0.15) is 0 Å². The van der Waals surface area contributed by atoms with E-state index >= 15 is 0 Å². The predicted molar refractivity (Wildman–Crippen MR) is 77.1 cm³/mol. The Hall–Kier alpha value is -2.37. The van der Waals surface area contributed by atoms with Crippen LogP contribution >= 0.6 is 0 Å². The Balaban J connectivity index is 1.92. The molecule has 112 valence electrons. The van der Waals surface area contributed by atoms with Gasteiger partial charge in [-0.05, 0) is 30.9 Å². The number of aliphatic carboxylic acids is 1. The second kappa shape index (κ2) is 6.88. The summed E-state index contributed by atoms with van der Waals surface area (Å²) in [5.41, 5.74) is 1.93. The lowest BCUT2D eigenvalue weighted by Crippen LogP contribution is -2.45. The molecule has 0 spiro atoms. The molecule has 1 aliphatic heterocycles. The molecule has 0 fully saturated rings. The number of imide groups is 1. The van der Waals surface area contributed by atoms with Crippen LogP contribution in [0.15, 0.2) is 24.3 Å². The molecule has 21 heavy (non-hydrogen) atoms. The number of urea groups is 1. The van der Waals surface area contributed by atoms with E-state index in [1.807, 2.05) is 24.3 Å². The topological polar surface area (TPSA) is 86.7 Å². The van der Waals surface area contributed by atoms with Crippen LogP contribution in [-0.2, 0) is 16.0 Å². The summed E-state index contributed by atoms with van der Waals surface area (Å²) in [7, 11) is 0. The smallest absolute Gasteiger partial charge is 0.328 e. The molecular formula is C15H18N2O4. The van der Waals surface area contributed by atoms with Crippen molar-refractivity contribution >= 4 is 23.6 Å². The zero-order valence-electron chi connectivity index (χ0n) is 11.7. The Morgan fingerprint density at radius 3 is 2.71 bits per heavy atom. The third-order valence-electron chi connectivity index (χ3n) is 3.40. The van der Waals surface area contributed by atoms with Gasteiger partial charge in [-0.1, -0.05) is 18.2 Å². The van der Waals surface area contributed by atoms with Crippen LogP contribution < -0.4 is 10.2 Å². The van der Waals surface area contributed by atoms with Crippen molar-refractivity contribution in [3.05, 3.63) is 29.8 Å². The number of hydrogen-bond acceptors (Lipinski definition) is 3. The third-order valence-corrected chi connectivity index (χ3v) is 3.40. The van der Waals surface area contributed by atoms with Gasteiger partial charge in [0.25, 0.3) is 0 Å². The summed E-state index contributed by atoms with van der Waals surface area (Å²) in [6.07, 6.45) is 1.97. The van der Waals surface area contributed by atoms with Crippen LogP contribution in [-0.4, -0.2) is 29.6 Å². The zero-order valence-corrected chi connectivity index (χ0v) is 11.7. The van der Waals surface area contributed by atoms with Gasteiger partial charge in [-0.2, -0.15) is 0 Å². The highest BCUT2D eigenvalue weighted by Gasteiger charge is 2.23. The number of benzene rings is 1. The summed E-state index contributed by atoms with van der Waals surface area (Å²) in [6.45, 7) is 0.575. The molecule has 0 aliphatic carbocycles. The minimum atomic E-state index is -0.945. The van der Waals surface area contributed by atoms with Crippen LogP contribution in [0.2, 0.25) is 0 Å². The minimum absolute atomic E-state index is 0.0352. The SMILES string of the molecule is O=C(O)CCCC(=O)NC(=O)N1CCCc2ccccc21. The van der Waals surface area contributed by atoms with E-state index in [9.17, 15) is 14.4 Å². The first-order chi connectivity index (χ1) is 10.1. The largest absolute Gasteiger partial charge is 0.481 e. The maximum atomic E-state index is 12.1. The summed E-state index contributed by atoms with van der Waals surface area (Å²) >= 11 is 0. The zero-order chi connectivity index (χ0) is 15.2. The molecule has 6 heteroatoms. The predicted octanol–water partition coefficient (Wildman–Crippen LogP) is 1.93. The van der Waals surface area contributed by atoms with E-state index in [0.717, 1.165) is 24.1 Å². The number of nitrogens with one attached hydrogen (secondary N) is 1. The minimum Gasteiger partial charge on any atom is -0.481 e. The molecule has 0 saturated heterocycles. The van der Waals surface area contributed by atoms with Crippen molar-refractivity contribution in [1.82, 2.24) is 5.32 Å². The van der Waals surface area contributed by atoms with Crippen molar-refractivity contribution in [2.75, 3.05) is 11.4 Å². The molecule has 0 unspecified atom stereocenters. The molecule has 0 atom stereocenters. The van der Waals surface area contributed by atoms with Gasteiger partial charge in [0.2, 0.25) is 5.91 Å². The first-order valence-electron chi connectivity index (χ1n) is 6.99. The number of anilines is 1. The number of rotatable bonds is 4. The molecular weight excluding hydrogens is 272 g/mol. The van der Waals surface area contributed by atoms with E-state index in [1.165, 1.54) is 0 Å². The first-order valence-corrected chi connectivity index (χ1v) is 6.99. The molecule has 1 aromatic carbocycles. The van der Waals surface area contributed by atoms with Crippen LogP contribution in [0.25, 0.3) is 0 Å². The molecule has 1 aromatic rings. The molecule has 3 amide bonds. The Morgan fingerprint density at radius 1 is 1.19 bits per heavy atom. The van der Waals surface area contributed by atoms with Gasteiger partial charge in [-0.25, -0.2) is 4.79 Å². The molecule has 0 bridgehead atoms. The number of fused-ring (bicyclic) bond motifs is 1. The normalized spacial score (nSPS) is 13.4. The van der Waals surface area contributed by atoms with E-state index in [2.05, 4.69) is 5.32 Å². The van der Waals surface area contributed by atoms with Crippen LogP contribution in [0.3, 0.4) is 0 Å². The first kappa shape index (κ1) is 15.0. The van der Waals surface area contributed by atoms with Gasteiger partial charge in [0.15, 0.2) is 0 Å². The lowest BCUT2D eigenvalue weighted by atomic mass is 10.0. The summed E-state index contributed by atoms with van der Waals surface area (Å²) in [6, 6.07) is 7.19. The van der Waals surface area contributed by atoms with Crippen molar-refractivity contribution < 1.29 is 19.5 Å². The maximum Gasteiger partial charge on any atom is 0.328 e.